The maximum atomic E-state index is 12.0. The van der Waals surface area contributed by atoms with Gasteiger partial charge in [0.1, 0.15) is 0 Å². The summed E-state index contributed by atoms with van der Waals surface area (Å²) in [6.45, 7) is 5.80. The Hall–Kier alpha value is -2.89. The largest absolute Gasteiger partial charge is 0.358 e. The molecule has 0 radical (unpaired) electrons. The van der Waals surface area contributed by atoms with Crippen LogP contribution >= 0.6 is 0 Å². The Morgan fingerprint density at radius 3 is 2.67 bits per heavy atom. The number of benzene rings is 2. The van der Waals surface area contributed by atoms with E-state index < -0.39 is 0 Å². The molecule has 5 nitrogen and oxygen atoms in total. The van der Waals surface area contributed by atoms with E-state index in [1.54, 1.807) is 6.08 Å². The van der Waals surface area contributed by atoms with Crippen molar-refractivity contribution in [3.8, 4) is 0 Å². The number of hydrogen-bond donors (Lipinski definition) is 3. The highest BCUT2D eigenvalue weighted by atomic mass is 16.2. The highest BCUT2D eigenvalue weighted by Gasteiger charge is 2.12. The van der Waals surface area contributed by atoms with Crippen LogP contribution < -0.4 is 10.7 Å². The predicted molar refractivity (Wildman–Crippen MR) is 123 cm³/mol. The summed E-state index contributed by atoms with van der Waals surface area (Å²) in [6.07, 6.45) is 6.78. The first-order chi connectivity index (χ1) is 14.7. The van der Waals surface area contributed by atoms with E-state index in [-0.39, 0.29) is 5.91 Å². The minimum Gasteiger partial charge on any atom is -0.358 e. The second-order valence-corrected chi connectivity index (χ2v) is 7.95. The zero-order valence-electron chi connectivity index (χ0n) is 17.6. The molecule has 2 aromatic carbocycles. The molecule has 0 saturated carbocycles. The van der Waals surface area contributed by atoms with Crippen LogP contribution in [0.2, 0.25) is 0 Å². The third kappa shape index (κ3) is 5.17. The van der Waals surface area contributed by atoms with Crippen molar-refractivity contribution in [3.63, 3.8) is 0 Å². The molecular formula is C25H30N4O. The van der Waals surface area contributed by atoms with Gasteiger partial charge in [0.05, 0.1) is 0 Å². The molecule has 5 heteroatoms. The predicted octanol–water partition coefficient (Wildman–Crippen LogP) is 3.95. The first kappa shape index (κ1) is 20.4. The molecular weight excluding hydrogens is 372 g/mol. The molecule has 1 saturated heterocycles. The second-order valence-electron chi connectivity index (χ2n) is 7.95. The van der Waals surface area contributed by atoms with E-state index in [1.165, 1.54) is 27.7 Å². The van der Waals surface area contributed by atoms with E-state index in [0.29, 0.717) is 0 Å². The monoisotopic (exact) mass is 402 g/mol. The molecule has 2 heterocycles. The van der Waals surface area contributed by atoms with Crippen molar-refractivity contribution >= 4 is 22.9 Å². The Morgan fingerprint density at radius 2 is 1.87 bits per heavy atom. The summed E-state index contributed by atoms with van der Waals surface area (Å²) < 4.78 is 0. The molecule has 156 valence electrons. The van der Waals surface area contributed by atoms with Crippen LogP contribution in [0.1, 0.15) is 35.2 Å². The van der Waals surface area contributed by atoms with Crippen LogP contribution in [0.4, 0.5) is 0 Å². The first-order valence-corrected chi connectivity index (χ1v) is 10.8. The molecule has 0 atom stereocenters. The molecule has 30 heavy (non-hydrogen) atoms. The number of rotatable bonds is 8. The van der Waals surface area contributed by atoms with Gasteiger partial charge in [-0.3, -0.25) is 10.2 Å². The lowest BCUT2D eigenvalue weighted by Crippen LogP contribution is -2.38. The fourth-order valence-corrected chi connectivity index (χ4v) is 4.04. The van der Waals surface area contributed by atoms with Gasteiger partial charge in [-0.25, -0.2) is 5.01 Å². The average Bonchev–Trinajstić information content (AvgIpc) is 3.37. The number of carbonyl (C=O) groups excluding carboxylic acids is 1. The maximum Gasteiger partial charge on any atom is 0.258 e. The number of nitrogens with zero attached hydrogens (tertiary/aromatic N) is 1. The van der Waals surface area contributed by atoms with E-state index in [4.69, 9.17) is 0 Å². The lowest BCUT2D eigenvalue weighted by Gasteiger charge is -2.14. The summed E-state index contributed by atoms with van der Waals surface area (Å²) in [5, 5.41) is 6.85. The van der Waals surface area contributed by atoms with Crippen LogP contribution in [-0.4, -0.2) is 35.5 Å². The van der Waals surface area contributed by atoms with Crippen LogP contribution in [0.3, 0.4) is 0 Å². The third-order valence-corrected chi connectivity index (χ3v) is 5.69. The standard InChI is InChI=1S/C25H30N4O/c1-19-22(23-6-2-3-7-24(23)27-19)14-15-26-18-21-10-8-20(9-11-21)12-13-25(30)28-29-16-4-5-17-29/h2-3,6-13,26-27H,4-5,14-18H2,1H3,(H,28,30). The number of para-hydroxylation sites is 1. The van der Waals surface area contributed by atoms with E-state index in [0.717, 1.165) is 51.0 Å². The fourth-order valence-electron chi connectivity index (χ4n) is 4.04. The molecule has 0 aliphatic carbocycles. The molecule has 0 spiro atoms. The molecule has 1 aliphatic heterocycles. The summed E-state index contributed by atoms with van der Waals surface area (Å²) in [5.74, 6) is -0.0600. The zero-order valence-corrected chi connectivity index (χ0v) is 17.6. The van der Waals surface area contributed by atoms with Crippen molar-refractivity contribution in [1.82, 2.24) is 20.7 Å². The molecule has 0 unspecified atom stereocenters. The van der Waals surface area contributed by atoms with Crippen molar-refractivity contribution in [1.29, 1.82) is 0 Å². The lowest BCUT2D eigenvalue weighted by molar-refractivity contribution is -0.120. The third-order valence-electron chi connectivity index (χ3n) is 5.69. The summed E-state index contributed by atoms with van der Waals surface area (Å²) in [6, 6.07) is 16.8. The SMILES string of the molecule is Cc1[nH]c2ccccc2c1CCNCc1ccc(C=CC(=O)NN2CCCC2)cc1. The van der Waals surface area contributed by atoms with Crippen molar-refractivity contribution in [2.75, 3.05) is 19.6 Å². The molecule has 0 bridgehead atoms. The zero-order chi connectivity index (χ0) is 20.8. The van der Waals surface area contributed by atoms with Crippen LogP contribution in [0, 0.1) is 6.92 Å². The highest BCUT2D eigenvalue weighted by Crippen LogP contribution is 2.22. The van der Waals surface area contributed by atoms with Gasteiger partial charge in [0.25, 0.3) is 5.91 Å². The Morgan fingerprint density at radius 1 is 1.10 bits per heavy atom. The number of aromatic nitrogens is 1. The number of carbonyl (C=O) groups is 1. The van der Waals surface area contributed by atoms with Gasteiger partial charge in [0.2, 0.25) is 0 Å². The minimum absolute atomic E-state index is 0.0600. The number of aryl methyl sites for hydroxylation is 1. The Bertz CT molecular complexity index is 1010. The number of amides is 1. The molecule has 1 amide bonds. The van der Waals surface area contributed by atoms with E-state index in [9.17, 15) is 4.79 Å². The van der Waals surface area contributed by atoms with Crippen molar-refractivity contribution in [2.45, 2.75) is 32.7 Å². The van der Waals surface area contributed by atoms with Gasteiger partial charge in [-0.15, -0.1) is 0 Å². The van der Waals surface area contributed by atoms with E-state index in [1.807, 2.05) is 11.1 Å². The summed E-state index contributed by atoms with van der Waals surface area (Å²) in [5.41, 5.74) is 9.05. The molecule has 1 aliphatic rings. The smallest absolute Gasteiger partial charge is 0.258 e. The molecule has 3 N–H and O–H groups in total. The molecule has 3 aromatic rings. The summed E-state index contributed by atoms with van der Waals surface area (Å²) in [7, 11) is 0. The van der Waals surface area contributed by atoms with Gasteiger partial charge >= 0.3 is 0 Å². The van der Waals surface area contributed by atoms with E-state index >= 15 is 0 Å². The molecule has 1 aromatic heterocycles. The number of nitrogens with one attached hydrogen (secondary N) is 3. The highest BCUT2D eigenvalue weighted by molar-refractivity contribution is 5.91. The number of aromatic amines is 1. The number of fused-ring (bicyclic) bond motifs is 1. The summed E-state index contributed by atoms with van der Waals surface area (Å²) in [4.78, 5) is 15.4. The average molecular weight is 403 g/mol. The fraction of sp³-hybridized carbons (Fsp3) is 0.320. The molecule has 1 fully saturated rings. The minimum atomic E-state index is -0.0600. The second kappa shape index (κ2) is 9.74. The van der Waals surface area contributed by atoms with Crippen molar-refractivity contribution < 1.29 is 4.79 Å². The van der Waals surface area contributed by atoms with Gasteiger partial charge in [-0.1, -0.05) is 42.5 Å². The van der Waals surface area contributed by atoms with E-state index in [2.05, 4.69) is 71.2 Å². The Labute approximate surface area is 178 Å². The Kier molecular flexibility index (Phi) is 6.62. The van der Waals surface area contributed by atoms with Crippen LogP contribution in [0.25, 0.3) is 17.0 Å². The lowest BCUT2D eigenvalue weighted by atomic mass is 10.1. The van der Waals surface area contributed by atoms with Crippen molar-refractivity contribution in [2.24, 2.45) is 0 Å². The number of hydrogen-bond acceptors (Lipinski definition) is 3. The van der Waals surface area contributed by atoms with Gasteiger partial charge < -0.3 is 10.3 Å². The van der Waals surface area contributed by atoms with Gasteiger partial charge in [0, 0.05) is 42.3 Å². The maximum absolute atomic E-state index is 12.0. The number of hydrazine groups is 1. The van der Waals surface area contributed by atoms with Crippen LogP contribution in [0.15, 0.2) is 54.6 Å². The molecule has 4 rings (SSSR count). The quantitative estimate of drug-likeness (QED) is 0.395. The number of H-pyrrole nitrogens is 1. The van der Waals surface area contributed by atoms with Gasteiger partial charge in [-0.2, -0.15) is 0 Å². The van der Waals surface area contributed by atoms with Crippen LogP contribution in [-0.2, 0) is 17.8 Å². The Balaban J connectivity index is 1.23. The van der Waals surface area contributed by atoms with Gasteiger partial charge in [-0.05, 0) is 61.6 Å². The first-order valence-electron chi connectivity index (χ1n) is 10.8. The summed E-state index contributed by atoms with van der Waals surface area (Å²) >= 11 is 0. The van der Waals surface area contributed by atoms with Crippen LogP contribution in [0.5, 0.6) is 0 Å². The van der Waals surface area contributed by atoms with Crippen molar-refractivity contribution in [3.05, 3.63) is 77.0 Å². The normalized spacial score (nSPS) is 14.7. The topological polar surface area (TPSA) is 60.2 Å². The van der Waals surface area contributed by atoms with Gasteiger partial charge in [0.15, 0.2) is 0 Å².